The van der Waals surface area contributed by atoms with Crippen molar-refractivity contribution in [2.24, 2.45) is 0 Å². The molecule has 2 saturated heterocycles. The Balaban J connectivity index is 1.34. The maximum atomic E-state index is 13.3. The zero-order chi connectivity index (χ0) is 23.0. The Hall–Kier alpha value is -3.87. The highest BCUT2D eigenvalue weighted by atomic mass is 16.2. The summed E-state index contributed by atoms with van der Waals surface area (Å²) in [6.07, 6.45) is 2.25. The Bertz CT molecular complexity index is 1250. The first-order valence-electron chi connectivity index (χ1n) is 11.2. The molecule has 33 heavy (non-hydrogen) atoms. The van der Waals surface area contributed by atoms with Gasteiger partial charge in [0, 0.05) is 13.1 Å². The topological polar surface area (TPSA) is 81.8 Å². The lowest BCUT2D eigenvalue weighted by Crippen LogP contribution is -2.42. The predicted molar refractivity (Wildman–Crippen MR) is 128 cm³/mol. The summed E-state index contributed by atoms with van der Waals surface area (Å²) >= 11 is 0. The number of urea groups is 1. The summed E-state index contributed by atoms with van der Waals surface area (Å²) in [6.45, 7) is 3.23. The summed E-state index contributed by atoms with van der Waals surface area (Å²) < 4.78 is 0. The number of carbonyl (C=O) groups excluding carboxylic acids is 3. The van der Waals surface area contributed by atoms with E-state index in [1.54, 1.807) is 6.92 Å². The van der Waals surface area contributed by atoms with Crippen molar-refractivity contribution >= 4 is 40.0 Å². The molecular weight excluding hydrogens is 416 g/mol. The lowest BCUT2D eigenvalue weighted by atomic mass is 9.90. The van der Waals surface area contributed by atoms with E-state index < -0.39 is 23.4 Å². The first-order chi connectivity index (χ1) is 16.0. The largest absolute Gasteiger partial charge is 0.370 e. The standard InChI is InChI=1S/C26H26N4O3/c1-26(20-13-12-18-8-2-3-9-19(18)16-20)24(32)30(25(33)28-26)17-23(31)27-21-10-4-5-11-22(21)29-14-6-7-15-29/h2-5,8-13,16H,6-7,14-15,17H2,1H3,(H,27,31)(H,28,33). The highest BCUT2D eigenvalue weighted by molar-refractivity contribution is 6.10. The Morgan fingerprint density at radius 2 is 1.67 bits per heavy atom. The Labute approximate surface area is 192 Å². The van der Waals surface area contributed by atoms with Gasteiger partial charge in [-0.05, 0) is 54.3 Å². The molecule has 2 heterocycles. The van der Waals surface area contributed by atoms with E-state index in [-0.39, 0.29) is 6.54 Å². The van der Waals surface area contributed by atoms with Gasteiger partial charge < -0.3 is 15.5 Å². The quantitative estimate of drug-likeness (QED) is 0.588. The van der Waals surface area contributed by atoms with Crippen LogP contribution in [0, 0.1) is 0 Å². The second kappa shape index (κ2) is 8.24. The molecule has 0 saturated carbocycles. The molecule has 0 aliphatic carbocycles. The minimum atomic E-state index is -1.23. The SMILES string of the molecule is CC1(c2ccc3ccccc3c2)NC(=O)N(CC(=O)Nc2ccccc2N2CCCC2)C1=O. The van der Waals surface area contributed by atoms with Crippen LogP contribution in [-0.4, -0.2) is 42.4 Å². The van der Waals surface area contributed by atoms with Gasteiger partial charge in [0.15, 0.2) is 0 Å². The highest BCUT2D eigenvalue weighted by Gasteiger charge is 2.49. The fourth-order valence-corrected chi connectivity index (χ4v) is 4.68. The third-order valence-corrected chi connectivity index (χ3v) is 6.53. The van der Waals surface area contributed by atoms with Crippen molar-refractivity contribution in [3.63, 3.8) is 0 Å². The lowest BCUT2D eigenvalue weighted by Gasteiger charge is -2.23. The minimum absolute atomic E-state index is 0.345. The van der Waals surface area contributed by atoms with E-state index in [2.05, 4.69) is 15.5 Å². The second-order valence-corrected chi connectivity index (χ2v) is 8.77. The number of rotatable bonds is 5. The fraction of sp³-hybridized carbons (Fsp3) is 0.269. The van der Waals surface area contributed by atoms with E-state index in [4.69, 9.17) is 0 Å². The van der Waals surface area contributed by atoms with Crippen LogP contribution in [0.1, 0.15) is 25.3 Å². The molecule has 0 bridgehead atoms. The third kappa shape index (κ3) is 3.80. The molecule has 4 amide bonds. The lowest BCUT2D eigenvalue weighted by molar-refractivity contribution is -0.133. The molecular formula is C26H26N4O3. The van der Waals surface area contributed by atoms with Crippen molar-refractivity contribution < 1.29 is 14.4 Å². The molecule has 5 rings (SSSR count). The van der Waals surface area contributed by atoms with Gasteiger partial charge in [0.1, 0.15) is 12.1 Å². The number of hydrogen-bond donors (Lipinski definition) is 2. The van der Waals surface area contributed by atoms with Gasteiger partial charge in [0.2, 0.25) is 5.91 Å². The zero-order valence-corrected chi connectivity index (χ0v) is 18.5. The minimum Gasteiger partial charge on any atom is -0.370 e. The van der Waals surface area contributed by atoms with Gasteiger partial charge >= 0.3 is 6.03 Å². The first-order valence-corrected chi connectivity index (χ1v) is 11.2. The smallest absolute Gasteiger partial charge is 0.325 e. The Kier molecular flexibility index (Phi) is 5.24. The maximum absolute atomic E-state index is 13.3. The fourth-order valence-electron chi connectivity index (χ4n) is 4.68. The molecule has 1 unspecified atom stereocenters. The van der Waals surface area contributed by atoms with Crippen LogP contribution in [0.4, 0.5) is 16.2 Å². The van der Waals surface area contributed by atoms with Gasteiger partial charge in [-0.3, -0.25) is 14.5 Å². The number of amides is 4. The summed E-state index contributed by atoms with van der Waals surface area (Å²) in [4.78, 5) is 42.1. The molecule has 2 aliphatic heterocycles. The van der Waals surface area contributed by atoms with E-state index in [0.29, 0.717) is 11.3 Å². The molecule has 7 heteroatoms. The number of hydrogen-bond acceptors (Lipinski definition) is 4. The van der Waals surface area contributed by atoms with Crippen LogP contribution in [-0.2, 0) is 15.1 Å². The molecule has 3 aromatic carbocycles. The average molecular weight is 443 g/mol. The van der Waals surface area contributed by atoms with Crippen LogP contribution in [0.5, 0.6) is 0 Å². The van der Waals surface area contributed by atoms with Crippen molar-refractivity contribution in [1.82, 2.24) is 10.2 Å². The van der Waals surface area contributed by atoms with Gasteiger partial charge in [-0.1, -0.05) is 48.5 Å². The van der Waals surface area contributed by atoms with Crippen LogP contribution >= 0.6 is 0 Å². The van der Waals surface area contributed by atoms with E-state index >= 15 is 0 Å². The monoisotopic (exact) mass is 442 g/mol. The Morgan fingerprint density at radius 1 is 0.970 bits per heavy atom. The summed E-state index contributed by atoms with van der Waals surface area (Å²) in [5, 5.41) is 7.71. The normalized spacial score (nSPS) is 20.4. The molecule has 0 aromatic heterocycles. The number of benzene rings is 3. The molecule has 7 nitrogen and oxygen atoms in total. The van der Waals surface area contributed by atoms with Crippen molar-refractivity contribution in [3.8, 4) is 0 Å². The van der Waals surface area contributed by atoms with E-state index in [1.165, 1.54) is 0 Å². The van der Waals surface area contributed by atoms with Crippen LogP contribution < -0.4 is 15.5 Å². The van der Waals surface area contributed by atoms with Crippen LogP contribution in [0.15, 0.2) is 66.7 Å². The van der Waals surface area contributed by atoms with E-state index in [0.717, 1.165) is 47.3 Å². The summed E-state index contributed by atoms with van der Waals surface area (Å²) in [5.74, 6) is -0.848. The molecule has 1 atom stereocenters. The number of para-hydroxylation sites is 2. The summed E-state index contributed by atoms with van der Waals surface area (Å²) in [5.41, 5.74) is 1.10. The average Bonchev–Trinajstić information content (AvgIpc) is 3.43. The number of anilines is 2. The highest BCUT2D eigenvalue weighted by Crippen LogP contribution is 2.32. The molecule has 168 valence electrons. The predicted octanol–water partition coefficient (Wildman–Crippen LogP) is 3.85. The maximum Gasteiger partial charge on any atom is 0.325 e. The molecule has 2 aliphatic rings. The van der Waals surface area contributed by atoms with Crippen LogP contribution in [0.25, 0.3) is 10.8 Å². The molecule has 2 fully saturated rings. The molecule has 0 radical (unpaired) electrons. The van der Waals surface area contributed by atoms with Gasteiger partial charge in [-0.15, -0.1) is 0 Å². The van der Waals surface area contributed by atoms with Crippen molar-refractivity contribution in [2.45, 2.75) is 25.3 Å². The third-order valence-electron chi connectivity index (χ3n) is 6.53. The summed E-state index contributed by atoms with van der Waals surface area (Å²) in [6, 6.07) is 20.6. The summed E-state index contributed by atoms with van der Waals surface area (Å²) in [7, 11) is 0. The van der Waals surface area contributed by atoms with Gasteiger partial charge in [-0.25, -0.2) is 4.79 Å². The van der Waals surface area contributed by atoms with Gasteiger partial charge in [0.25, 0.3) is 5.91 Å². The molecule has 2 N–H and O–H groups in total. The number of nitrogens with zero attached hydrogens (tertiary/aromatic N) is 2. The van der Waals surface area contributed by atoms with Crippen molar-refractivity contribution in [1.29, 1.82) is 0 Å². The van der Waals surface area contributed by atoms with E-state index in [1.807, 2.05) is 66.7 Å². The van der Waals surface area contributed by atoms with Gasteiger partial charge in [-0.2, -0.15) is 0 Å². The molecule has 3 aromatic rings. The zero-order valence-electron chi connectivity index (χ0n) is 18.5. The van der Waals surface area contributed by atoms with Crippen molar-refractivity contribution in [2.75, 3.05) is 29.9 Å². The number of nitrogens with one attached hydrogen (secondary N) is 2. The number of fused-ring (bicyclic) bond motifs is 1. The van der Waals surface area contributed by atoms with Gasteiger partial charge in [0.05, 0.1) is 11.4 Å². The van der Waals surface area contributed by atoms with Crippen LogP contribution in [0.3, 0.4) is 0 Å². The van der Waals surface area contributed by atoms with E-state index in [9.17, 15) is 14.4 Å². The first kappa shape index (κ1) is 21.0. The second-order valence-electron chi connectivity index (χ2n) is 8.77. The van der Waals surface area contributed by atoms with Crippen molar-refractivity contribution in [3.05, 3.63) is 72.3 Å². The number of imide groups is 1. The number of carbonyl (C=O) groups is 3. The molecule has 0 spiro atoms. The van der Waals surface area contributed by atoms with Crippen LogP contribution in [0.2, 0.25) is 0 Å². The Morgan fingerprint density at radius 3 is 2.45 bits per heavy atom.